The van der Waals surface area contributed by atoms with Gasteiger partial charge in [0.05, 0.1) is 20.3 Å². The average molecular weight is 577 g/mol. The van der Waals surface area contributed by atoms with Gasteiger partial charge >= 0.3 is 0 Å². The van der Waals surface area contributed by atoms with Crippen molar-refractivity contribution in [1.29, 1.82) is 0 Å². The summed E-state index contributed by atoms with van der Waals surface area (Å²) in [7, 11) is 3.29. The fourth-order valence-electron chi connectivity index (χ4n) is 5.31. The summed E-state index contributed by atoms with van der Waals surface area (Å²) in [5, 5.41) is 2.84. The zero-order valence-electron chi connectivity index (χ0n) is 24.6. The number of carbonyl (C=O) groups is 2. The Morgan fingerprint density at radius 1 is 0.837 bits per heavy atom. The van der Waals surface area contributed by atoms with E-state index >= 15 is 0 Å². The summed E-state index contributed by atoms with van der Waals surface area (Å²) < 4.78 is 15.6. The van der Waals surface area contributed by atoms with Crippen LogP contribution in [0.4, 0.5) is 0 Å². The maximum atomic E-state index is 13.4. The zero-order valence-corrected chi connectivity index (χ0v) is 24.6. The number of benzene rings is 4. The predicted octanol–water partition coefficient (Wildman–Crippen LogP) is 6.08. The Kier molecular flexibility index (Phi) is 9.42. The molecule has 220 valence electrons. The van der Waals surface area contributed by atoms with E-state index in [0.29, 0.717) is 12.8 Å². The number of fused-ring (bicyclic) bond motifs is 2. The maximum absolute atomic E-state index is 13.4. The van der Waals surface area contributed by atoms with E-state index in [1.807, 2.05) is 120 Å². The van der Waals surface area contributed by atoms with Gasteiger partial charge in [-0.25, -0.2) is 0 Å². The van der Waals surface area contributed by atoms with Crippen molar-refractivity contribution in [2.24, 2.45) is 0 Å². The van der Waals surface area contributed by atoms with Crippen molar-refractivity contribution in [1.82, 2.24) is 10.2 Å². The number of nitrogens with one attached hydrogen (secondary N) is 1. The smallest absolute Gasteiger partial charge is 0.248 e. The summed E-state index contributed by atoms with van der Waals surface area (Å²) in [5.74, 6) is 3.27. The molecule has 43 heavy (non-hydrogen) atoms. The van der Waals surface area contributed by atoms with Crippen molar-refractivity contribution in [3.8, 4) is 23.0 Å². The van der Waals surface area contributed by atoms with E-state index in [0.717, 1.165) is 39.7 Å². The maximum Gasteiger partial charge on any atom is 0.248 e. The second-order valence-corrected chi connectivity index (χ2v) is 10.5. The standard InChI is InChI=1S/C30H32N2O4.C6H4O/c1-21(33)31-29-28(18-13-22-7-5-4-6-8-22)32(30(29)34)25(19-23-9-14-26(35-2)15-10-23)20-24-11-16-27(36-3)17-12-24;1-2-5-4-6(3-1)7-5/h4-18,25,28-29H,19-20H2,1-3H3,(H,31,33);1-4H. The molecule has 1 saturated heterocycles. The van der Waals surface area contributed by atoms with E-state index in [4.69, 9.17) is 14.2 Å². The van der Waals surface area contributed by atoms with E-state index in [2.05, 4.69) is 5.32 Å². The Morgan fingerprint density at radius 2 is 1.37 bits per heavy atom. The van der Waals surface area contributed by atoms with Crippen LogP contribution in [-0.4, -0.2) is 49.1 Å². The van der Waals surface area contributed by atoms with E-state index in [9.17, 15) is 9.59 Å². The van der Waals surface area contributed by atoms with Gasteiger partial charge in [-0.15, -0.1) is 0 Å². The Morgan fingerprint density at radius 3 is 1.79 bits per heavy atom. The summed E-state index contributed by atoms with van der Waals surface area (Å²) >= 11 is 0. The number of methoxy groups -OCH3 is 2. The molecule has 3 aliphatic heterocycles. The second kappa shape index (κ2) is 13.7. The lowest BCUT2D eigenvalue weighted by Crippen LogP contribution is -2.72. The number of ether oxygens (including phenoxy) is 3. The van der Waals surface area contributed by atoms with Crippen LogP contribution in [0, 0.1) is 0 Å². The van der Waals surface area contributed by atoms with Gasteiger partial charge in [0.25, 0.3) is 0 Å². The number of amides is 2. The first-order valence-electron chi connectivity index (χ1n) is 14.3. The van der Waals surface area contributed by atoms with Crippen molar-refractivity contribution in [2.45, 2.75) is 37.9 Å². The average Bonchev–Trinajstić information content (AvgIpc) is 3.03. The molecule has 0 spiro atoms. The molecule has 0 saturated carbocycles. The third-order valence-electron chi connectivity index (χ3n) is 7.52. The molecule has 0 aliphatic carbocycles. The highest BCUT2D eigenvalue weighted by molar-refractivity contribution is 5.94. The molecule has 3 heterocycles. The van der Waals surface area contributed by atoms with Crippen LogP contribution < -0.4 is 19.5 Å². The van der Waals surface area contributed by atoms with Gasteiger partial charge in [0.1, 0.15) is 29.0 Å². The highest BCUT2D eigenvalue weighted by Gasteiger charge is 2.49. The van der Waals surface area contributed by atoms with Crippen molar-refractivity contribution < 1.29 is 23.8 Å². The van der Waals surface area contributed by atoms with Crippen molar-refractivity contribution in [2.75, 3.05) is 14.2 Å². The normalized spacial score (nSPS) is 16.4. The minimum absolute atomic E-state index is 0.0695. The van der Waals surface area contributed by atoms with Crippen LogP contribution in [-0.2, 0) is 22.4 Å². The van der Waals surface area contributed by atoms with Crippen LogP contribution in [0.25, 0.3) is 6.08 Å². The van der Waals surface area contributed by atoms with Crippen molar-refractivity contribution in [3.63, 3.8) is 0 Å². The summed E-state index contributed by atoms with van der Waals surface area (Å²) in [4.78, 5) is 27.2. The van der Waals surface area contributed by atoms with Crippen LogP contribution >= 0.6 is 0 Å². The molecule has 4 aromatic rings. The summed E-state index contributed by atoms with van der Waals surface area (Å²) in [6.07, 6.45) is 5.37. The fourth-order valence-corrected chi connectivity index (χ4v) is 5.31. The third kappa shape index (κ3) is 7.43. The monoisotopic (exact) mass is 576 g/mol. The zero-order chi connectivity index (χ0) is 30.2. The first kappa shape index (κ1) is 29.5. The molecule has 1 N–H and O–H groups in total. The van der Waals surface area contributed by atoms with Gasteiger partial charge in [-0.05, 0) is 65.9 Å². The molecule has 2 bridgehead atoms. The van der Waals surface area contributed by atoms with Crippen LogP contribution in [0.5, 0.6) is 23.0 Å². The molecule has 4 aromatic carbocycles. The van der Waals surface area contributed by atoms with Crippen LogP contribution in [0.2, 0.25) is 0 Å². The first-order valence-corrected chi connectivity index (χ1v) is 14.3. The number of nitrogens with zero attached hydrogens (tertiary/aromatic N) is 1. The minimum atomic E-state index is -0.573. The highest BCUT2D eigenvalue weighted by atomic mass is 16.5. The lowest BCUT2D eigenvalue weighted by Gasteiger charge is -2.50. The molecule has 7 nitrogen and oxygen atoms in total. The molecular weight excluding hydrogens is 540 g/mol. The van der Waals surface area contributed by atoms with E-state index in [1.54, 1.807) is 14.2 Å². The van der Waals surface area contributed by atoms with Crippen LogP contribution in [0.3, 0.4) is 0 Å². The van der Waals surface area contributed by atoms with Gasteiger partial charge in [0.2, 0.25) is 11.8 Å². The molecule has 2 amide bonds. The SMILES string of the molecule is COc1ccc(CC(Cc2ccc(OC)cc2)N2C(=O)C(NC(C)=O)C2C=Cc2ccccc2)cc1.c1cc2cc(c1)O2. The predicted molar refractivity (Wildman–Crippen MR) is 167 cm³/mol. The van der Waals surface area contributed by atoms with Gasteiger partial charge in [-0.2, -0.15) is 0 Å². The molecule has 7 rings (SSSR count). The molecule has 2 unspecified atom stereocenters. The number of rotatable bonds is 10. The van der Waals surface area contributed by atoms with E-state index < -0.39 is 6.04 Å². The van der Waals surface area contributed by atoms with Crippen molar-refractivity contribution in [3.05, 3.63) is 126 Å². The molecule has 7 heteroatoms. The summed E-state index contributed by atoms with van der Waals surface area (Å²) in [6, 6.07) is 32.8. The number of hydrogen-bond donors (Lipinski definition) is 1. The third-order valence-corrected chi connectivity index (χ3v) is 7.52. The van der Waals surface area contributed by atoms with Crippen LogP contribution in [0.1, 0.15) is 23.6 Å². The lowest BCUT2D eigenvalue weighted by atomic mass is 9.87. The Hall–Kier alpha value is -5.04. The summed E-state index contributed by atoms with van der Waals surface area (Å²) in [5.41, 5.74) is 3.26. The van der Waals surface area contributed by atoms with Gasteiger partial charge in [-0.3, -0.25) is 9.59 Å². The first-order chi connectivity index (χ1) is 20.9. The van der Waals surface area contributed by atoms with Gasteiger partial charge < -0.3 is 24.4 Å². The molecule has 2 atom stereocenters. The van der Waals surface area contributed by atoms with E-state index in [-0.39, 0.29) is 23.9 Å². The molecule has 0 radical (unpaired) electrons. The number of hydrogen-bond acceptors (Lipinski definition) is 5. The molecule has 0 aromatic heterocycles. The topological polar surface area (TPSA) is 77.1 Å². The fraction of sp³-hybridized carbons (Fsp3) is 0.222. The number of β-lactam (4-membered cyclic amide) rings is 1. The molecular formula is C36H36N2O5. The quantitative estimate of drug-likeness (QED) is 0.204. The second-order valence-electron chi connectivity index (χ2n) is 10.5. The minimum Gasteiger partial charge on any atom is -0.497 e. The number of carbonyl (C=O) groups excluding carboxylic acids is 2. The largest absolute Gasteiger partial charge is 0.497 e. The molecule has 3 aliphatic rings. The Bertz CT molecular complexity index is 1480. The summed E-state index contributed by atoms with van der Waals surface area (Å²) in [6.45, 7) is 1.44. The number of likely N-dealkylation sites (tertiary alicyclic amines) is 1. The van der Waals surface area contributed by atoms with Gasteiger partial charge in [0.15, 0.2) is 0 Å². The Labute approximate surface area is 252 Å². The lowest BCUT2D eigenvalue weighted by molar-refractivity contribution is -0.154. The van der Waals surface area contributed by atoms with E-state index in [1.165, 1.54) is 6.92 Å². The Balaban J connectivity index is 0.000000454. The van der Waals surface area contributed by atoms with Crippen molar-refractivity contribution >= 4 is 17.9 Å². The van der Waals surface area contributed by atoms with Crippen LogP contribution in [0.15, 0.2) is 109 Å². The molecule has 1 fully saturated rings. The van der Waals surface area contributed by atoms with Gasteiger partial charge in [0, 0.05) is 19.0 Å². The highest BCUT2D eigenvalue weighted by Crippen LogP contribution is 2.33. The van der Waals surface area contributed by atoms with Gasteiger partial charge in [-0.1, -0.05) is 72.8 Å².